The summed E-state index contributed by atoms with van der Waals surface area (Å²) >= 11 is 0. The summed E-state index contributed by atoms with van der Waals surface area (Å²) in [6.07, 6.45) is 1.06. The van der Waals surface area contributed by atoms with E-state index in [1.54, 1.807) is 0 Å². The average Bonchev–Trinajstić information content (AvgIpc) is 2.42. The molecule has 0 saturated heterocycles. The molecule has 0 atom stereocenters. The molecule has 0 aliphatic carbocycles. The first-order chi connectivity index (χ1) is 8.42. The highest BCUT2D eigenvalue weighted by atomic mass is 31.1. The zero-order valence-corrected chi connectivity index (χ0v) is 11.0. The van der Waals surface area contributed by atoms with E-state index in [0.717, 1.165) is 12.8 Å². The average molecular weight is 243 g/mol. The van der Waals surface area contributed by atoms with Gasteiger partial charge in [0.25, 0.3) is 0 Å². The topological polar surface area (TPSA) is 12.0 Å². The molecule has 17 heavy (non-hydrogen) atoms. The first-order valence-electron chi connectivity index (χ1n) is 6.00. The number of rotatable bonds is 5. The summed E-state index contributed by atoms with van der Waals surface area (Å²) in [6, 6.07) is 21.6. The summed E-state index contributed by atoms with van der Waals surface area (Å²) in [6.45, 7) is 3.18. The molecule has 0 fully saturated rings. The summed E-state index contributed by atoms with van der Waals surface area (Å²) < 4.78 is 0. The van der Waals surface area contributed by atoms with Gasteiger partial charge >= 0.3 is 0 Å². The molecule has 0 aliphatic rings. The van der Waals surface area contributed by atoms with E-state index in [2.05, 4.69) is 72.9 Å². The molecule has 2 rings (SSSR count). The van der Waals surface area contributed by atoms with Gasteiger partial charge in [0.15, 0.2) is 0 Å². The van der Waals surface area contributed by atoms with Gasteiger partial charge in [0.05, 0.1) is 0 Å². The van der Waals surface area contributed by atoms with E-state index in [4.69, 9.17) is 0 Å². The van der Waals surface area contributed by atoms with Crippen molar-refractivity contribution in [2.75, 3.05) is 12.8 Å². The second kappa shape index (κ2) is 6.54. The van der Waals surface area contributed by atoms with Crippen LogP contribution in [0.15, 0.2) is 60.7 Å². The molecule has 88 valence electrons. The van der Waals surface area contributed by atoms with Gasteiger partial charge in [-0.3, -0.25) is 0 Å². The lowest BCUT2D eigenvalue weighted by molar-refractivity contribution is 0.836. The summed E-state index contributed by atoms with van der Waals surface area (Å²) in [5.41, 5.74) is 0. The molecule has 0 unspecified atom stereocenters. The number of benzene rings is 2. The standard InChI is InChI=1S/C15H18NP/c1-2-16-13-17(14-9-5-3-6-10-14)15-11-7-4-8-12-15/h3-12,16H,2,13H2,1H3. The predicted octanol–water partition coefficient (Wildman–Crippen LogP) is 2.69. The van der Waals surface area contributed by atoms with Crippen molar-refractivity contribution in [3.05, 3.63) is 60.7 Å². The Morgan fingerprint density at radius 2 is 1.29 bits per heavy atom. The van der Waals surface area contributed by atoms with Crippen LogP contribution < -0.4 is 15.9 Å². The highest BCUT2D eigenvalue weighted by Gasteiger charge is 2.11. The number of hydrogen-bond acceptors (Lipinski definition) is 1. The minimum atomic E-state index is -0.268. The molecule has 2 aromatic rings. The van der Waals surface area contributed by atoms with Crippen LogP contribution in [0.1, 0.15) is 6.92 Å². The zero-order valence-electron chi connectivity index (χ0n) is 10.1. The Hall–Kier alpha value is -1.17. The molecule has 0 amide bonds. The third-order valence-corrected chi connectivity index (χ3v) is 5.04. The first-order valence-corrected chi connectivity index (χ1v) is 7.53. The van der Waals surface area contributed by atoms with Crippen LogP contribution in [-0.2, 0) is 0 Å². The SMILES string of the molecule is CCNCP(c1ccccc1)c1ccccc1. The van der Waals surface area contributed by atoms with Crippen molar-refractivity contribution in [3.8, 4) is 0 Å². The molecule has 0 saturated carbocycles. The summed E-state index contributed by atoms with van der Waals surface area (Å²) in [4.78, 5) is 0. The fourth-order valence-electron chi connectivity index (χ4n) is 1.77. The van der Waals surface area contributed by atoms with E-state index in [9.17, 15) is 0 Å². The van der Waals surface area contributed by atoms with Gasteiger partial charge in [0.2, 0.25) is 0 Å². The fourth-order valence-corrected chi connectivity index (χ4v) is 3.95. The Kier molecular flexibility index (Phi) is 4.73. The van der Waals surface area contributed by atoms with Gasteiger partial charge in [-0.1, -0.05) is 67.6 Å². The molecule has 0 heterocycles. The maximum Gasteiger partial charge on any atom is 0.0237 e. The lowest BCUT2D eigenvalue weighted by atomic mass is 10.4. The third-order valence-electron chi connectivity index (χ3n) is 2.66. The first kappa shape index (κ1) is 12.3. The van der Waals surface area contributed by atoms with Gasteiger partial charge in [-0.2, -0.15) is 0 Å². The van der Waals surface area contributed by atoms with Crippen molar-refractivity contribution < 1.29 is 0 Å². The molecule has 0 aromatic heterocycles. The van der Waals surface area contributed by atoms with Crippen LogP contribution in [-0.4, -0.2) is 12.8 Å². The maximum atomic E-state index is 3.47. The minimum Gasteiger partial charge on any atom is -0.312 e. The van der Waals surface area contributed by atoms with E-state index >= 15 is 0 Å². The van der Waals surface area contributed by atoms with Crippen molar-refractivity contribution >= 4 is 18.5 Å². The number of nitrogens with one attached hydrogen (secondary N) is 1. The quantitative estimate of drug-likeness (QED) is 0.796. The van der Waals surface area contributed by atoms with Crippen LogP contribution in [0.3, 0.4) is 0 Å². The Bertz CT molecular complexity index is 388. The molecule has 2 aromatic carbocycles. The molecule has 0 bridgehead atoms. The van der Waals surface area contributed by atoms with Crippen molar-refractivity contribution in [3.63, 3.8) is 0 Å². The van der Waals surface area contributed by atoms with Gasteiger partial charge in [-0.25, -0.2) is 0 Å². The zero-order chi connectivity index (χ0) is 11.9. The largest absolute Gasteiger partial charge is 0.312 e. The fraction of sp³-hybridized carbons (Fsp3) is 0.200. The molecular weight excluding hydrogens is 225 g/mol. The van der Waals surface area contributed by atoms with E-state index in [-0.39, 0.29) is 7.92 Å². The van der Waals surface area contributed by atoms with Gasteiger partial charge < -0.3 is 5.32 Å². The Balaban J connectivity index is 2.26. The van der Waals surface area contributed by atoms with E-state index in [1.807, 2.05) is 0 Å². The summed E-state index contributed by atoms with van der Waals surface area (Å²) in [5.74, 6) is 0. The van der Waals surface area contributed by atoms with Crippen LogP contribution in [0.5, 0.6) is 0 Å². The van der Waals surface area contributed by atoms with Crippen LogP contribution >= 0.6 is 7.92 Å². The van der Waals surface area contributed by atoms with Crippen molar-refractivity contribution in [1.82, 2.24) is 5.32 Å². The van der Waals surface area contributed by atoms with Crippen LogP contribution in [0.25, 0.3) is 0 Å². The highest BCUT2D eigenvalue weighted by Crippen LogP contribution is 2.31. The van der Waals surface area contributed by atoms with Crippen molar-refractivity contribution in [1.29, 1.82) is 0 Å². The Labute approximate surface area is 105 Å². The second-order valence-electron chi connectivity index (χ2n) is 3.86. The van der Waals surface area contributed by atoms with Crippen molar-refractivity contribution in [2.45, 2.75) is 6.92 Å². The van der Waals surface area contributed by atoms with Crippen LogP contribution in [0.4, 0.5) is 0 Å². The smallest absolute Gasteiger partial charge is 0.0237 e. The molecule has 0 radical (unpaired) electrons. The lowest BCUT2D eigenvalue weighted by Gasteiger charge is -2.18. The summed E-state index contributed by atoms with van der Waals surface area (Å²) in [7, 11) is -0.268. The Morgan fingerprint density at radius 1 is 0.824 bits per heavy atom. The molecule has 1 nitrogen and oxygen atoms in total. The lowest BCUT2D eigenvalue weighted by Crippen LogP contribution is -2.22. The number of hydrogen-bond donors (Lipinski definition) is 1. The minimum absolute atomic E-state index is 0.268. The van der Waals surface area contributed by atoms with E-state index in [0.29, 0.717) is 0 Å². The van der Waals surface area contributed by atoms with Gasteiger partial charge in [-0.15, -0.1) is 0 Å². The molecule has 1 N–H and O–H groups in total. The van der Waals surface area contributed by atoms with Gasteiger partial charge in [-0.05, 0) is 25.1 Å². The maximum absolute atomic E-state index is 3.47. The van der Waals surface area contributed by atoms with Gasteiger partial charge in [0.1, 0.15) is 0 Å². The van der Waals surface area contributed by atoms with E-state index < -0.39 is 0 Å². The predicted molar refractivity (Wildman–Crippen MR) is 77.6 cm³/mol. The van der Waals surface area contributed by atoms with Gasteiger partial charge in [0, 0.05) is 6.29 Å². The Morgan fingerprint density at radius 3 is 1.71 bits per heavy atom. The van der Waals surface area contributed by atoms with E-state index in [1.165, 1.54) is 10.6 Å². The second-order valence-corrected chi connectivity index (χ2v) is 6.07. The molecule has 2 heteroatoms. The monoisotopic (exact) mass is 243 g/mol. The normalized spacial score (nSPS) is 10.7. The third kappa shape index (κ3) is 3.39. The summed E-state index contributed by atoms with van der Waals surface area (Å²) in [5, 5.41) is 6.35. The van der Waals surface area contributed by atoms with Crippen LogP contribution in [0.2, 0.25) is 0 Å². The highest BCUT2D eigenvalue weighted by molar-refractivity contribution is 7.72. The molecule has 0 aliphatic heterocycles. The van der Waals surface area contributed by atoms with Crippen LogP contribution in [0, 0.1) is 0 Å². The molecule has 0 spiro atoms. The van der Waals surface area contributed by atoms with Crippen molar-refractivity contribution in [2.24, 2.45) is 0 Å². The molecular formula is C15H18NP.